The van der Waals surface area contributed by atoms with Gasteiger partial charge >= 0.3 is 5.97 Å². The number of carbonyl (C=O) groups is 1. The van der Waals surface area contributed by atoms with Gasteiger partial charge in [0, 0.05) is 1.37 Å². The quantitative estimate of drug-likeness (QED) is 0.489. The fourth-order valence-electron chi connectivity index (χ4n) is 1.06. The van der Waals surface area contributed by atoms with Crippen molar-refractivity contribution in [2.45, 2.75) is 12.4 Å². The molecular formula is C10H13NO4. The van der Waals surface area contributed by atoms with E-state index in [4.69, 9.17) is 12.2 Å². The normalized spacial score (nSPS) is 15.2. The van der Waals surface area contributed by atoms with Crippen molar-refractivity contribution < 1.29 is 21.1 Å². The summed E-state index contributed by atoms with van der Waals surface area (Å²) in [5.41, 5.74) is 5.81. The van der Waals surface area contributed by atoms with Gasteiger partial charge in [-0.2, -0.15) is 0 Å². The van der Waals surface area contributed by atoms with Crippen molar-refractivity contribution in [2.75, 3.05) is 7.11 Å². The zero-order chi connectivity index (χ0) is 12.3. The average molecular weight is 212 g/mol. The van der Waals surface area contributed by atoms with Crippen LogP contribution < -0.4 is 5.73 Å². The van der Waals surface area contributed by atoms with Gasteiger partial charge in [0.15, 0.2) is 11.5 Å². The molecule has 1 rings (SSSR count). The average Bonchev–Trinajstić information content (AvgIpc) is 2.29. The van der Waals surface area contributed by atoms with Crippen molar-refractivity contribution in [1.29, 1.82) is 0 Å². The molecule has 0 radical (unpaired) electrons. The maximum Gasteiger partial charge on any atom is 0.322 e. The van der Waals surface area contributed by atoms with Crippen molar-refractivity contribution in [3.8, 4) is 11.5 Å². The Bertz CT molecular complexity index is 396. The van der Waals surface area contributed by atoms with Crippen molar-refractivity contribution in [3.63, 3.8) is 0 Å². The second-order valence-electron chi connectivity index (χ2n) is 2.96. The molecule has 0 aromatic heterocycles. The van der Waals surface area contributed by atoms with E-state index in [1.165, 1.54) is 25.3 Å². The Hall–Kier alpha value is -1.75. The van der Waals surface area contributed by atoms with Gasteiger partial charge in [0.2, 0.25) is 0 Å². The molecule has 0 spiro atoms. The van der Waals surface area contributed by atoms with Crippen LogP contribution in [0.15, 0.2) is 18.2 Å². The topological polar surface area (TPSA) is 92.8 Å². The van der Waals surface area contributed by atoms with E-state index in [2.05, 4.69) is 4.74 Å². The fraction of sp³-hybridized carbons (Fsp3) is 0.300. The first-order valence-corrected chi connectivity index (χ1v) is 4.25. The summed E-state index contributed by atoms with van der Waals surface area (Å²) in [5.74, 6) is -1.35. The largest absolute Gasteiger partial charge is 0.504 e. The van der Waals surface area contributed by atoms with Gasteiger partial charge in [-0.1, -0.05) is 6.07 Å². The minimum Gasteiger partial charge on any atom is -0.504 e. The van der Waals surface area contributed by atoms with E-state index in [-0.39, 0.29) is 11.5 Å². The predicted octanol–water partition coefficient (Wildman–Crippen LogP) is 0.141. The van der Waals surface area contributed by atoms with E-state index in [9.17, 15) is 9.90 Å². The van der Waals surface area contributed by atoms with Gasteiger partial charge in [0.1, 0.15) is 6.04 Å². The molecule has 0 aliphatic carbocycles. The molecule has 82 valence electrons. The number of nitrogens with two attached hydrogens (primary N) is 1. The van der Waals surface area contributed by atoms with Gasteiger partial charge in [0.05, 0.1) is 7.11 Å². The van der Waals surface area contributed by atoms with Crippen LogP contribution in [0.25, 0.3) is 0 Å². The van der Waals surface area contributed by atoms with Crippen LogP contribution in [-0.2, 0) is 15.9 Å². The Morgan fingerprint density at radius 3 is 2.80 bits per heavy atom. The van der Waals surface area contributed by atoms with Crippen LogP contribution >= 0.6 is 0 Å². The number of rotatable bonds is 3. The van der Waals surface area contributed by atoms with Gasteiger partial charge < -0.3 is 20.7 Å². The molecule has 0 heterocycles. The van der Waals surface area contributed by atoms with Gasteiger partial charge in [-0.15, -0.1) is 0 Å². The summed E-state index contributed by atoms with van der Waals surface area (Å²) in [4.78, 5) is 11.1. The highest BCUT2D eigenvalue weighted by Crippen LogP contribution is 2.25. The molecule has 5 nitrogen and oxygen atoms in total. The van der Waals surface area contributed by atoms with Gasteiger partial charge in [-0.3, -0.25) is 4.79 Å². The maximum absolute atomic E-state index is 11.1. The number of ether oxygens (including phenoxy) is 1. The van der Waals surface area contributed by atoms with Crippen molar-refractivity contribution in [1.82, 2.24) is 0 Å². The summed E-state index contributed by atoms with van der Waals surface area (Å²) in [6.45, 7) is 0. The molecule has 2 atom stereocenters. The predicted molar refractivity (Wildman–Crippen MR) is 53.5 cm³/mol. The van der Waals surface area contributed by atoms with Crippen LogP contribution in [0.3, 0.4) is 0 Å². The standard InChI is InChI=1S/C10H13NO4/c1-15-10(14)7(11)4-6-2-3-8(12)9(13)5-6/h2-3,5,7,12-13H,4,11H2,1H3/t7-/m1/s1/i4D/t4?,7-. The highest BCUT2D eigenvalue weighted by atomic mass is 16.5. The number of hydrogen-bond acceptors (Lipinski definition) is 5. The number of hydrogen-bond donors (Lipinski definition) is 3. The van der Waals surface area contributed by atoms with Crippen LogP contribution in [0.1, 0.15) is 6.93 Å². The van der Waals surface area contributed by atoms with E-state index < -0.39 is 18.4 Å². The van der Waals surface area contributed by atoms with E-state index >= 15 is 0 Å². The number of benzene rings is 1. The summed E-state index contributed by atoms with van der Waals surface area (Å²) in [7, 11) is 1.18. The maximum atomic E-state index is 11.1. The molecule has 0 amide bonds. The number of methoxy groups -OCH3 is 1. The van der Waals surface area contributed by atoms with E-state index in [1.807, 2.05) is 0 Å². The number of aromatic hydroxyl groups is 2. The van der Waals surface area contributed by atoms with Crippen molar-refractivity contribution >= 4 is 5.97 Å². The minimum absolute atomic E-state index is 0.289. The Morgan fingerprint density at radius 2 is 2.27 bits per heavy atom. The Morgan fingerprint density at radius 1 is 1.60 bits per heavy atom. The van der Waals surface area contributed by atoms with E-state index in [0.29, 0.717) is 5.56 Å². The summed E-state index contributed by atoms with van der Waals surface area (Å²) in [6, 6.07) is 2.70. The third-order valence-corrected chi connectivity index (χ3v) is 1.84. The third kappa shape index (κ3) is 2.85. The molecule has 0 aliphatic rings. The number of phenolic OH excluding ortho intramolecular Hbond substituents is 2. The first-order chi connectivity index (χ1) is 7.47. The van der Waals surface area contributed by atoms with Crippen LogP contribution in [-0.4, -0.2) is 29.3 Å². The third-order valence-electron chi connectivity index (χ3n) is 1.84. The highest BCUT2D eigenvalue weighted by molar-refractivity contribution is 5.75. The molecule has 15 heavy (non-hydrogen) atoms. The van der Waals surface area contributed by atoms with Gasteiger partial charge in [-0.25, -0.2) is 0 Å². The monoisotopic (exact) mass is 212 g/mol. The molecule has 4 N–H and O–H groups in total. The first kappa shape index (κ1) is 9.79. The lowest BCUT2D eigenvalue weighted by Crippen LogP contribution is -2.33. The Balaban J connectivity index is 2.91. The fourth-order valence-corrected chi connectivity index (χ4v) is 1.06. The molecule has 0 fully saturated rings. The zero-order valence-electron chi connectivity index (χ0n) is 9.18. The smallest absolute Gasteiger partial charge is 0.322 e. The summed E-state index contributed by atoms with van der Waals surface area (Å²) < 4.78 is 12.1. The molecule has 0 aliphatic heterocycles. The molecule has 1 aromatic carbocycles. The van der Waals surface area contributed by atoms with Crippen LogP contribution in [0.2, 0.25) is 0 Å². The molecule has 0 saturated carbocycles. The minimum atomic E-state index is -1.13. The van der Waals surface area contributed by atoms with Crippen LogP contribution in [0.4, 0.5) is 0 Å². The lowest BCUT2D eigenvalue weighted by atomic mass is 10.1. The first-order valence-electron chi connectivity index (χ1n) is 4.82. The summed E-state index contributed by atoms with van der Waals surface area (Å²) in [5, 5.41) is 18.3. The van der Waals surface area contributed by atoms with Crippen molar-refractivity contribution in [2.24, 2.45) is 5.73 Å². The molecule has 0 bridgehead atoms. The molecule has 1 aromatic rings. The van der Waals surface area contributed by atoms with Crippen LogP contribution in [0.5, 0.6) is 11.5 Å². The van der Waals surface area contributed by atoms with Crippen molar-refractivity contribution in [3.05, 3.63) is 23.8 Å². The number of phenols is 2. The van der Waals surface area contributed by atoms with Gasteiger partial charge in [-0.05, 0) is 24.1 Å². The SMILES string of the molecule is [2H]C(c1ccc(O)c(O)c1)[C@@H](N)C(=O)OC. The molecule has 0 saturated heterocycles. The Labute approximate surface area is 88.5 Å². The summed E-state index contributed by atoms with van der Waals surface area (Å²) in [6.07, 6.45) is -1.06. The molecular weight excluding hydrogens is 198 g/mol. The zero-order valence-corrected chi connectivity index (χ0v) is 8.18. The molecule has 1 unspecified atom stereocenters. The number of carbonyl (C=O) groups excluding carboxylic acids is 1. The van der Waals surface area contributed by atoms with Gasteiger partial charge in [0.25, 0.3) is 0 Å². The second-order valence-corrected chi connectivity index (χ2v) is 2.96. The van der Waals surface area contributed by atoms with E-state index in [1.54, 1.807) is 0 Å². The summed E-state index contributed by atoms with van der Waals surface area (Å²) >= 11 is 0. The molecule has 5 heteroatoms. The Kier molecular flexibility index (Phi) is 3.04. The lowest BCUT2D eigenvalue weighted by molar-refractivity contribution is -0.142. The highest BCUT2D eigenvalue weighted by Gasteiger charge is 2.14. The second kappa shape index (κ2) is 4.65. The van der Waals surface area contributed by atoms with Crippen LogP contribution in [0, 0.1) is 0 Å². The lowest BCUT2D eigenvalue weighted by Gasteiger charge is -2.09. The number of esters is 1. The van der Waals surface area contributed by atoms with E-state index in [0.717, 1.165) is 0 Å².